The Bertz CT molecular complexity index is 1290. The number of benzene rings is 1. The summed E-state index contributed by atoms with van der Waals surface area (Å²) in [6, 6.07) is 7.59. The number of fused-ring (bicyclic) bond motifs is 1. The molecule has 5 rings (SSSR count). The monoisotopic (exact) mass is 449 g/mol. The Morgan fingerprint density at radius 1 is 1.06 bits per heavy atom. The van der Waals surface area contributed by atoms with E-state index in [0.717, 1.165) is 28.3 Å². The van der Waals surface area contributed by atoms with Gasteiger partial charge in [-0.1, -0.05) is 11.3 Å². The van der Waals surface area contributed by atoms with Gasteiger partial charge in [0.2, 0.25) is 5.65 Å². The van der Waals surface area contributed by atoms with Crippen molar-refractivity contribution in [3.05, 3.63) is 35.5 Å². The molecule has 0 atom stereocenters. The van der Waals surface area contributed by atoms with E-state index in [1.54, 1.807) is 17.4 Å². The number of hydrogen-bond donors (Lipinski definition) is 2. The number of hydrogen-bond acceptors (Lipinski definition) is 8. The van der Waals surface area contributed by atoms with Crippen LogP contribution in [0.5, 0.6) is 5.75 Å². The molecule has 0 bridgehead atoms. The van der Waals surface area contributed by atoms with Gasteiger partial charge in [0, 0.05) is 22.8 Å². The lowest BCUT2D eigenvalue weighted by atomic mass is 9.80. The number of aryl methyl sites for hydroxylation is 1. The highest BCUT2D eigenvalue weighted by Gasteiger charge is 2.39. The average Bonchev–Trinajstić information content (AvgIpc) is 3.31. The molecule has 1 aliphatic rings. The zero-order valence-corrected chi connectivity index (χ0v) is 19.7. The molecule has 1 fully saturated rings. The third-order valence-electron chi connectivity index (χ3n) is 5.91. The van der Waals surface area contributed by atoms with Crippen molar-refractivity contribution in [2.24, 2.45) is 0 Å². The number of aromatic hydroxyl groups is 1. The summed E-state index contributed by atoms with van der Waals surface area (Å²) in [5, 5.41) is 33.0. The van der Waals surface area contributed by atoms with Crippen LogP contribution >= 0.6 is 11.3 Å². The molecule has 166 valence electrons. The van der Waals surface area contributed by atoms with Crippen molar-refractivity contribution in [2.75, 3.05) is 0 Å². The van der Waals surface area contributed by atoms with Crippen molar-refractivity contribution in [1.29, 1.82) is 0 Å². The van der Waals surface area contributed by atoms with Gasteiger partial charge in [-0.25, -0.2) is 9.67 Å². The molecule has 0 unspecified atom stereocenters. The van der Waals surface area contributed by atoms with Crippen molar-refractivity contribution in [2.45, 2.75) is 64.6 Å². The summed E-state index contributed by atoms with van der Waals surface area (Å²) in [4.78, 5) is 5.30. The maximum atomic E-state index is 10.7. The van der Waals surface area contributed by atoms with Gasteiger partial charge in [0.05, 0.1) is 21.6 Å². The van der Waals surface area contributed by atoms with E-state index in [1.165, 1.54) is 0 Å². The Kier molecular flexibility index (Phi) is 4.79. The molecule has 4 heterocycles. The number of nitrogens with zero attached hydrogens (tertiary/aromatic N) is 6. The second kappa shape index (κ2) is 7.31. The van der Waals surface area contributed by atoms with Crippen molar-refractivity contribution in [3.8, 4) is 27.4 Å². The van der Waals surface area contributed by atoms with E-state index in [0.29, 0.717) is 22.4 Å². The van der Waals surface area contributed by atoms with Gasteiger partial charge in [0.15, 0.2) is 0 Å². The molecule has 32 heavy (non-hydrogen) atoms. The first-order valence-electron chi connectivity index (χ1n) is 10.7. The molecule has 0 spiro atoms. The van der Waals surface area contributed by atoms with E-state index in [1.807, 2.05) is 36.0 Å². The molecule has 8 nitrogen and oxygen atoms in total. The summed E-state index contributed by atoms with van der Waals surface area (Å²) in [6.45, 7) is 10.8. The molecule has 0 amide bonds. The van der Waals surface area contributed by atoms with E-state index in [2.05, 4.69) is 58.5 Å². The molecule has 3 aromatic heterocycles. The van der Waals surface area contributed by atoms with Crippen LogP contribution in [0, 0.1) is 6.92 Å². The second-order valence-corrected chi connectivity index (χ2v) is 11.1. The summed E-state index contributed by atoms with van der Waals surface area (Å²) >= 11 is 1.59. The number of piperidine rings is 1. The molecule has 0 saturated carbocycles. The van der Waals surface area contributed by atoms with Gasteiger partial charge in [0.25, 0.3) is 0 Å². The van der Waals surface area contributed by atoms with E-state index in [-0.39, 0.29) is 22.9 Å². The van der Waals surface area contributed by atoms with Crippen LogP contribution in [0.15, 0.2) is 30.5 Å². The Morgan fingerprint density at radius 3 is 2.47 bits per heavy atom. The molecule has 1 aliphatic heterocycles. The van der Waals surface area contributed by atoms with Crippen LogP contribution in [0.2, 0.25) is 0 Å². The third kappa shape index (κ3) is 3.86. The van der Waals surface area contributed by atoms with Crippen LogP contribution in [0.25, 0.3) is 32.9 Å². The van der Waals surface area contributed by atoms with E-state index in [4.69, 9.17) is 0 Å². The predicted octanol–water partition coefficient (Wildman–Crippen LogP) is 4.51. The maximum absolute atomic E-state index is 10.7. The number of phenolic OH excluding ortho intramolecular Hbond substituents is 1. The van der Waals surface area contributed by atoms with Gasteiger partial charge in [-0.3, -0.25) is 0 Å². The summed E-state index contributed by atoms with van der Waals surface area (Å²) in [5.41, 5.74) is 3.43. The van der Waals surface area contributed by atoms with Crippen molar-refractivity contribution < 1.29 is 5.11 Å². The molecule has 0 aliphatic carbocycles. The molecule has 0 radical (unpaired) electrons. The Balaban J connectivity index is 1.48. The largest absolute Gasteiger partial charge is 0.507 e. The average molecular weight is 450 g/mol. The molecular weight excluding hydrogens is 422 g/mol. The normalized spacial score (nSPS) is 18.3. The fourth-order valence-electron chi connectivity index (χ4n) is 4.97. The van der Waals surface area contributed by atoms with E-state index in [9.17, 15) is 5.11 Å². The van der Waals surface area contributed by atoms with Gasteiger partial charge >= 0.3 is 0 Å². The quantitative estimate of drug-likeness (QED) is 0.474. The van der Waals surface area contributed by atoms with Gasteiger partial charge in [-0.15, -0.1) is 26.6 Å². The van der Waals surface area contributed by atoms with Crippen LogP contribution in [0.3, 0.4) is 0 Å². The van der Waals surface area contributed by atoms with Gasteiger partial charge < -0.3 is 10.4 Å². The zero-order chi connectivity index (χ0) is 22.7. The second-order valence-electron chi connectivity index (χ2n) is 9.90. The summed E-state index contributed by atoms with van der Waals surface area (Å²) in [6.07, 6.45) is 3.68. The molecule has 1 aromatic carbocycles. The first-order valence-corrected chi connectivity index (χ1v) is 11.6. The lowest BCUT2D eigenvalue weighted by molar-refractivity contribution is 0.127. The minimum absolute atomic E-state index is 0.0117. The predicted molar refractivity (Wildman–Crippen MR) is 126 cm³/mol. The van der Waals surface area contributed by atoms with Crippen molar-refractivity contribution in [1.82, 2.24) is 35.5 Å². The lowest BCUT2D eigenvalue weighted by Gasteiger charge is -2.46. The van der Waals surface area contributed by atoms with E-state index < -0.39 is 0 Å². The molecule has 9 heteroatoms. The van der Waals surface area contributed by atoms with Gasteiger partial charge in [0.1, 0.15) is 11.3 Å². The smallest absolute Gasteiger partial charge is 0.201 e. The van der Waals surface area contributed by atoms with Crippen LogP contribution < -0.4 is 5.32 Å². The highest BCUT2D eigenvalue weighted by atomic mass is 32.1. The molecule has 1 saturated heterocycles. The van der Waals surface area contributed by atoms with Crippen LogP contribution in [0.4, 0.5) is 0 Å². The first-order chi connectivity index (χ1) is 15.1. The molecule has 2 N–H and O–H groups in total. The molecular formula is C23H27N7OS. The summed E-state index contributed by atoms with van der Waals surface area (Å²) in [5.74, 6) is 0.149. The van der Waals surface area contributed by atoms with E-state index >= 15 is 0 Å². The lowest BCUT2D eigenvalue weighted by Crippen LogP contribution is -2.58. The van der Waals surface area contributed by atoms with Crippen molar-refractivity contribution >= 4 is 22.5 Å². The standard InChI is InChI=1S/C23H27N7OS/c1-13-24-12-20(32-13)14-6-7-16(19(31)8-14)17-9-18-21(27-25-17)30(29-26-18)15-10-22(2,3)28-23(4,5)11-15/h6-9,12,15,28,31H,10-11H2,1-5H3. The Labute approximate surface area is 190 Å². The fourth-order valence-corrected chi connectivity index (χ4v) is 5.74. The maximum Gasteiger partial charge on any atom is 0.201 e. The Hall–Kier alpha value is -2.91. The van der Waals surface area contributed by atoms with Crippen molar-refractivity contribution in [3.63, 3.8) is 0 Å². The Morgan fingerprint density at radius 2 is 1.81 bits per heavy atom. The topological polar surface area (TPSA) is 102 Å². The minimum Gasteiger partial charge on any atom is -0.507 e. The number of phenols is 1. The number of rotatable bonds is 3. The first kappa shape index (κ1) is 21.0. The zero-order valence-electron chi connectivity index (χ0n) is 18.9. The number of aromatic nitrogens is 6. The third-order valence-corrected chi connectivity index (χ3v) is 6.88. The van der Waals surface area contributed by atoms with Crippen LogP contribution in [-0.4, -0.2) is 46.4 Å². The minimum atomic E-state index is -0.0117. The number of nitrogens with one attached hydrogen (secondary N) is 1. The number of thiazole rings is 1. The summed E-state index contributed by atoms with van der Waals surface area (Å²) in [7, 11) is 0. The fraction of sp³-hybridized carbons (Fsp3) is 0.435. The van der Waals surface area contributed by atoms with Gasteiger partial charge in [-0.2, -0.15) is 0 Å². The highest BCUT2D eigenvalue weighted by Crippen LogP contribution is 2.38. The van der Waals surface area contributed by atoms with Crippen LogP contribution in [0.1, 0.15) is 51.6 Å². The summed E-state index contributed by atoms with van der Waals surface area (Å²) < 4.78 is 1.91. The van der Waals surface area contributed by atoms with Gasteiger partial charge in [-0.05, 0) is 71.2 Å². The molecule has 4 aromatic rings. The van der Waals surface area contributed by atoms with Crippen LogP contribution in [-0.2, 0) is 0 Å². The SMILES string of the molecule is Cc1ncc(-c2ccc(-c3cc4nnn(C5CC(C)(C)NC(C)(C)C5)c4nn3)c(O)c2)s1. The highest BCUT2D eigenvalue weighted by molar-refractivity contribution is 7.15.